The maximum absolute atomic E-state index is 3.59. The predicted octanol–water partition coefficient (Wildman–Crippen LogP) is 3.02. The highest BCUT2D eigenvalue weighted by Crippen LogP contribution is 2.35. The zero-order valence-electron chi connectivity index (χ0n) is 10.7. The Morgan fingerprint density at radius 2 is 2.12 bits per heavy atom. The molecule has 0 spiro atoms. The second-order valence-corrected chi connectivity index (χ2v) is 6.12. The summed E-state index contributed by atoms with van der Waals surface area (Å²) in [5, 5.41) is 3.59. The minimum absolute atomic E-state index is 0.409. The molecule has 2 nitrogen and oxygen atoms in total. The topological polar surface area (TPSA) is 15.3 Å². The molecule has 1 aromatic carbocycles. The first-order valence-electron chi connectivity index (χ1n) is 6.25. The van der Waals surface area contributed by atoms with E-state index in [0.29, 0.717) is 5.54 Å². The largest absolute Gasteiger partial charge is 0.311 e. The van der Waals surface area contributed by atoms with Crippen molar-refractivity contribution in [3.63, 3.8) is 0 Å². The molecular formula is C14H21BrN2. The van der Waals surface area contributed by atoms with Crippen LogP contribution in [-0.2, 0) is 6.54 Å². The summed E-state index contributed by atoms with van der Waals surface area (Å²) in [6.07, 6.45) is 4.02. The lowest BCUT2D eigenvalue weighted by molar-refractivity contribution is 0.0598. The average molecular weight is 297 g/mol. The first-order chi connectivity index (χ1) is 8.12. The van der Waals surface area contributed by atoms with Crippen molar-refractivity contribution in [1.29, 1.82) is 0 Å². The standard InChI is InChI=1S/C14H21BrN2/c1-17(2)14(7-4-8-14)11-16-10-12-5-3-6-13(15)9-12/h3,5-6,9,16H,4,7-8,10-11H2,1-2H3. The molecule has 1 N–H and O–H groups in total. The van der Waals surface area contributed by atoms with Crippen LogP contribution in [0.4, 0.5) is 0 Å². The lowest BCUT2D eigenvalue weighted by Crippen LogP contribution is -2.56. The summed E-state index contributed by atoms with van der Waals surface area (Å²) in [5.74, 6) is 0. The van der Waals surface area contributed by atoms with Gasteiger partial charge in [-0.2, -0.15) is 0 Å². The van der Waals surface area contributed by atoms with Crippen LogP contribution in [0.5, 0.6) is 0 Å². The van der Waals surface area contributed by atoms with Gasteiger partial charge in [0.25, 0.3) is 0 Å². The van der Waals surface area contributed by atoms with Gasteiger partial charge in [0, 0.05) is 23.1 Å². The number of likely N-dealkylation sites (N-methyl/N-ethyl adjacent to an activating group) is 1. The smallest absolute Gasteiger partial charge is 0.0328 e. The van der Waals surface area contributed by atoms with Gasteiger partial charge < -0.3 is 10.2 Å². The third kappa shape index (κ3) is 3.09. The summed E-state index contributed by atoms with van der Waals surface area (Å²) in [6, 6.07) is 8.50. The van der Waals surface area contributed by atoms with E-state index in [1.54, 1.807) is 0 Å². The van der Waals surface area contributed by atoms with Gasteiger partial charge in [0.2, 0.25) is 0 Å². The molecule has 0 aromatic heterocycles. The van der Waals surface area contributed by atoms with Crippen LogP contribution < -0.4 is 5.32 Å². The van der Waals surface area contributed by atoms with Crippen molar-refractivity contribution < 1.29 is 0 Å². The molecule has 0 saturated heterocycles. The summed E-state index contributed by atoms with van der Waals surface area (Å²) in [4.78, 5) is 2.38. The lowest BCUT2D eigenvalue weighted by Gasteiger charge is -2.47. The second kappa shape index (κ2) is 5.51. The Morgan fingerprint density at radius 3 is 2.65 bits per heavy atom. The highest BCUT2D eigenvalue weighted by atomic mass is 79.9. The molecule has 0 radical (unpaired) electrons. The Bertz CT molecular complexity index is 372. The van der Waals surface area contributed by atoms with Crippen molar-refractivity contribution in [2.24, 2.45) is 0 Å². The van der Waals surface area contributed by atoms with E-state index in [0.717, 1.165) is 17.6 Å². The fraction of sp³-hybridized carbons (Fsp3) is 0.571. The predicted molar refractivity (Wildman–Crippen MR) is 76.1 cm³/mol. The molecule has 0 heterocycles. The van der Waals surface area contributed by atoms with Crippen LogP contribution in [0.2, 0.25) is 0 Å². The third-order valence-corrected chi connectivity index (χ3v) is 4.40. The normalized spacial score (nSPS) is 18.1. The molecule has 1 aliphatic rings. The molecule has 17 heavy (non-hydrogen) atoms. The number of hydrogen-bond acceptors (Lipinski definition) is 2. The first-order valence-corrected chi connectivity index (χ1v) is 7.04. The zero-order valence-corrected chi connectivity index (χ0v) is 12.3. The molecule has 0 bridgehead atoms. The number of halogens is 1. The molecule has 1 saturated carbocycles. The van der Waals surface area contributed by atoms with Crippen LogP contribution in [-0.4, -0.2) is 31.1 Å². The maximum atomic E-state index is 3.59. The van der Waals surface area contributed by atoms with E-state index in [2.05, 4.69) is 64.5 Å². The fourth-order valence-electron chi connectivity index (χ4n) is 2.45. The van der Waals surface area contributed by atoms with Gasteiger partial charge in [-0.25, -0.2) is 0 Å². The van der Waals surface area contributed by atoms with E-state index in [4.69, 9.17) is 0 Å². The highest BCUT2D eigenvalue weighted by molar-refractivity contribution is 9.10. The number of benzene rings is 1. The van der Waals surface area contributed by atoms with Crippen LogP contribution in [0.15, 0.2) is 28.7 Å². The van der Waals surface area contributed by atoms with Crippen molar-refractivity contribution in [2.45, 2.75) is 31.3 Å². The van der Waals surface area contributed by atoms with Crippen LogP contribution >= 0.6 is 15.9 Å². The van der Waals surface area contributed by atoms with Crippen molar-refractivity contribution in [2.75, 3.05) is 20.6 Å². The van der Waals surface area contributed by atoms with Crippen molar-refractivity contribution >= 4 is 15.9 Å². The highest BCUT2D eigenvalue weighted by Gasteiger charge is 2.38. The van der Waals surface area contributed by atoms with E-state index in [1.807, 2.05) is 0 Å². The third-order valence-electron chi connectivity index (χ3n) is 3.91. The molecule has 1 fully saturated rings. The molecule has 1 aromatic rings. The molecule has 1 aliphatic carbocycles. The Hall–Kier alpha value is -0.380. The SMILES string of the molecule is CN(C)C1(CNCc2cccc(Br)c2)CCC1. The first kappa shape index (κ1) is 13.1. The molecular weight excluding hydrogens is 276 g/mol. The Morgan fingerprint density at radius 1 is 1.35 bits per heavy atom. The van der Waals surface area contributed by atoms with E-state index >= 15 is 0 Å². The quantitative estimate of drug-likeness (QED) is 0.898. The van der Waals surface area contributed by atoms with Crippen molar-refractivity contribution in [3.05, 3.63) is 34.3 Å². The van der Waals surface area contributed by atoms with Gasteiger partial charge in [0.15, 0.2) is 0 Å². The van der Waals surface area contributed by atoms with Crippen LogP contribution in [0, 0.1) is 0 Å². The van der Waals surface area contributed by atoms with Gasteiger partial charge in [-0.3, -0.25) is 0 Å². The van der Waals surface area contributed by atoms with Crippen LogP contribution in [0.3, 0.4) is 0 Å². The zero-order chi connectivity index (χ0) is 12.3. The Labute approximate surface area is 113 Å². The monoisotopic (exact) mass is 296 g/mol. The second-order valence-electron chi connectivity index (χ2n) is 5.21. The summed E-state index contributed by atoms with van der Waals surface area (Å²) in [5.41, 5.74) is 1.75. The van der Waals surface area contributed by atoms with E-state index in [9.17, 15) is 0 Å². The summed E-state index contributed by atoms with van der Waals surface area (Å²) >= 11 is 3.51. The number of nitrogens with zero attached hydrogens (tertiary/aromatic N) is 1. The minimum atomic E-state index is 0.409. The summed E-state index contributed by atoms with van der Waals surface area (Å²) in [7, 11) is 4.39. The molecule has 2 rings (SSSR count). The van der Waals surface area contributed by atoms with E-state index < -0.39 is 0 Å². The van der Waals surface area contributed by atoms with Gasteiger partial charge >= 0.3 is 0 Å². The summed E-state index contributed by atoms with van der Waals surface area (Å²) in [6.45, 7) is 2.04. The minimum Gasteiger partial charge on any atom is -0.311 e. The van der Waals surface area contributed by atoms with Gasteiger partial charge in [-0.05, 0) is 51.1 Å². The number of nitrogens with one attached hydrogen (secondary N) is 1. The maximum Gasteiger partial charge on any atom is 0.0328 e. The van der Waals surface area contributed by atoms with Gasteiger partial charge in [-0.15, -0.1) is 0 Å². The molecule has 0 unspecified atom stereocenters. The van der Waals surface area contributed by atoms with Gasteiger partial charge in [-0.1, -0.05) is 28.1 Å². The van der Waals surface area contributed by atoms with Crippen LogP contribution in [0.25, 0.3) is 0 Å². The molecule has 0 atom stereocenters. The van der Waals surface area contributed by atoms with Gasteiger partial charge in [0.05, 0.1) is 0 Å². The number of rotatable bonds is 5. The Kier molecular flexibility index (Phi) is 4.23. The molecule has 0 amide bonds. The molecule has 0 aliphatic heterocycles. The van der Waals surface area contributed by atoms with Crippen molar-refractivity contribution in [1.82, 2.24) is 10.2 Å². The molecule has 94 valence electrons. The Balaban J connectivity index is 1.83. The van der Waals surface area contributed by atoms with E-state index in [1.165, 1.54) is 24.8 Å². The van der Waals surface area contributed by atoms with E-state index in [-0.39, 0.29) is 0 Å². The van der Waals surface area contributed by atoms with Crippen LogP contribution in [0.1, 0.15) is 24.8 Å². The van der Waals surface area contributed by atoms with Gasteiger partial charge in [0.1, 0.15) is 0 Å². The lowest BCUT2D eigenvalue weighted by atomic mass is 9.75. The summed E-state index contributed by atoms with van der Waals surface area (Å²) < 4.78 is 1.16. The van der Waals surface area contributed by atoms with Crippen molar-refractivity contribution in [3.8, 4) is 0 Å². The molecule has 3 heteroatoms. The number of hydrogen-bond donors (Lipinski definition) is 1. The fourth-order valence-corrected chi connectivity index (χ4v) is 2.90. The average Bonchev–Trinajstić information content (AvgIpc) is 2.21.